The number of nitrogens with one attached hydrogen (secondary N) is 1. The van der Waals surface area contributed by atoms with Crippen molar-refractivity contribution in [2.75, 3.05) is 0 Å². The molecular weight excluding hydrogens is 371 g/mol. The summed E-state index contributed by atoms with van der Waals surface area (Å²) in [6.07, 6.45) is -4.15. The van der Waals surface area contributed by atoms with Crippen molar-refractivity contribution < 1.29 is 22.8 Å². The van der Waals surface area contributed by atoms with E-state index >= 15 is 0 Å². The van der Waals surface area contributed by atoms with E-state index in [1.54, 1.807) is 6.92 Å². The Hall–Kier alpha value is -1.42. The fourth-order valence-corrected chi connectivity index (χ4v) is 3.17. The zero-order valence-corrected chi connectivity index (χ0v) is 14.4. The molecule has 134 valence electrons. The van der Waals surface area contributed by atoms with E-state index in [0.29, 0.717) is 18.2 Å². The Labute approximate surface area is 144 Å². The van der Waals surface area contributed by atoms with Gasteiger partial charge in [0.15, 0.2) is 5.12 Å². The van der Waals surface area contributed by atoms with Crippen molar-refractivity contribution >= 4 is 33.6 Å². The molecule has 0 saturated heterocycles. The van der Waals surface area contributed by atoms with Gasteiger partial charge in [0, 0.05) is 32.1 Å². The van der Waals surface area contributed by atoms with Crippen molar-refractivity contribution in [3.05, 3.63) is 21.6 Å². The smallest absolute Gasteiger partial charge is 0.388 e. The van der Waals surface area contributed by atoms with Crippen LogP contribution in [0.1, 0.15) is 37.9 Å². The van der Waals surface area contributed by atoms with Gasteiger partial charge in [-0.2, -0.15) is 13.2 Å². The quantitative estimate of drug-likeness (QED) is 0.845. The first-order valence-electron chi connectivity index (χ1n) is 6.94. The number of carbonyl (C=O) groups is 1. The number of rotatable bonds is 5. The third kappa shape index (κ3) is 4.35. The zero-order valence-electron chi connectivity index (χ0n) is 12.9. The third-order valence-corrected chi connectivity index (χ3v) is 4.55. The fraction of sp³-hybridized carbons (Fsp3) is 0.615. The standard InChI is InChI=1S/C13H15ClF3N3O3S/c1-7(21)24-6-8-10(13(15,16)17)18-20(11(8)22)4-3-12(2)5-9(14)19-23-12/h18H,3-6H2,1-2H3. The predicted molar refractivity (Wildman–Crippen MR) is 84.0 cm³/mol. The third-order valence-electron chi connectivity index (χ3n) is 3.50. The number of H-pyrrole nitrogens is 1. The van der Waals surface area contributed by atoms with Gasteiger partial charge in [-0.1, -0.05) is 28.5 Å². The molecule has 2 rings (SSSR count). The summed E-state index contributed by atoms with van der Waals surface area (Å²) in [6, 6.07) is 0. The Bertz CT molecular complexity index is 728. The van der Waals surface area contributed by atoms with Crippen LogP contribution in [-0.4, -0.2) is 25.7 Å². The average molecular weight is 386 g/mol. The van der Waals surface area contributed by atoms with Gasteiger partial charge in [0.1, 0.15) is 16.5 Å². The number of carbonyl (C=O) groups excluding carboxylic acids is 1. The summed E-state index contributed by atoms with van der Waals surface area (Å²) in [7, 11) is 0. The highest BCUT2D eigenvalue weighted by molar-refractivity contribution is 8.12. The van der Waals surface area contributed by atoms with Gasteiger partial charge in [-0.3, -0.25) is 19.4 Å². The monoisotopic (exact) mass is 385 g/mol. The highest BCUT2D eigenvalue weighted by atomic mass is 35.5. The second-order valence-corrected chi connectivity index (χ2v) is 7.22. The van der Waals surface area contributed by atoms with Crippen LogP contribution in [0.2, 0.25) is 0 Å². The SMILES string of the molecule is CC(=O)SCc1c(C(F)(F)F)[nH]n(CCC2(C)CC(Cl)=NO2)c1=O. The predicted octanol–water partition coefficient (Wildman–Crippen LogP) is 3.10. The molecule has 1 aliphatic heterocycles. The zero-order chi connectivity index (χ0) is 18.1. The number of aryl methyl sites for hydroxylation is 1. The summed E-state index contributed by atoms with van der Waals surface area (Å²) >= 11 is 6.39. The maximum Gasteiger partial charge on any atom is 0.433 e. The number of alkyl halides is 3. The number of hydrogen-bond donors (Lipinski definition) is 1. The molecule has 0 spiro atoms. The number of thioether (sulfide) groups is 1. The van der Waals surface area contributed by atoms with Gasteiger partial charge in [-0.25, -0.2) is 0 Å². The molecule has 0 radical (unpaired) electrons. The Morgan fingerprint density at radius 1 is 1.54 bits per heavy atom. The lowest BCUT2D eigenvalue weighted by molar-refractivity contribution is -0.142. The minimum Gasteiger partial charge on any atom is -0.388 e. The molecular formula is C13H15ClF3N3O3S. The van der Waals surface area contributed by atoms with Crippen molar-refractivity contribution in [3.63, 3.8) is 0 Å². The summed E-state index contributed by atoms with van der Waals surface area (Å²) in [4.78, 5) is 28.4. The molecule has 1 atom stereocenters. The molecule has 0 amide bonds. The maximum absolute atomic E-state index is 13.1. The molecule has 2 heterocycles. The molecule has 0 bridgehead atoms. The second-order valence-electron chi connectivity index (χ2n) is 5.64. The van der Waals surface area contributed by atoms with Crippen molar-refractivity contribution in [3.8, 4) is 0 Å². The van der Waals surface area contributed by atoms with E-state index in [4.69, 9.17) is 16.4 Å². The van der Waals surface area contributed by atoms with Gasteiger partial charge in [0.05, 0.1) is 5.56 Å². The van der Waals surface area contributed by atoms with Crippen LogP contribution in [-0.2, 0) is 28.1 Å². The molecule has 0 aromatic carbocycles. The first-order valence-corrected chi connectivity index (χ1v) is 8.31. The molecule has 1 aromatic heterocycles. The highest BCUT2D eigenvalue weighted by Gasteiger charge is 2.39. The number of halogens is 4. The van der Waals surface area contributed by atoms with E-state index in [9.17, 15) is 22.8 Å². The molecule has 1 aliphatic rings. The molecule has 0 saturated carbocycles. The van der Waals surface area contributed by atoms with E-state index in [1.165, 1.54) is 6.92 Å². The molecule has 1 aromatic rings. The van der Waals surface area contributed by atoms with Crippen molar-refractivity contribution in [1.82, 2.24) is 9.78 Å². The van der Waals surface area contributed by atoms with Gasteiger partial charge in [-0.15, -0.1) is 0 Å². The lowest BCUT2D eigenvalue weighted by Crippen LogP contribution is -2.29. The number of aromatic amines is 1. The number of hydrogen-bond acceptors (Lipinski definition) is 5. The van der Waals surface area contributed by atoms with Crippen LogP contribution in [0.15, 0.2) is 9.95 Å². The van der Waals surface area contributed by atoms with Crippen molar-refractivity contribution in [1.29, 1.82) is 0 Å². The largest absolute Gasteiger partial charge is 0.433 e. The van der Waals surface area contributed by atoms with Crippen LogP contribution in [0.25, 0.3) is 0 Å². The summed E-state index contributed by atoms with van der Waals surface area (Å²) < 4.78 is 40.2. The highest BCUT2D eigenvalue weighted by Crippen LogP contribution is 2.32. The van der Waals surface area contributed by atoms with Crippen molar-refractivity contribution in [2.45, 2.75) is 50.8 Å². The Morgan fingerprint density at radius 3 is 2.71 bits per heavy atom. The van der Waals surface area contributed by atoms with Crippen LogP contribution in [0.5, 0.6) is 0 Å². The molecule has 0 fully saturated rings. The molecule has 11 heteroatoms. The lowest BCUT2D eigenvalue weighted by Gasteiger charge is -2.20. The second kappa shape index (κ2) is 6.83. The topological polar surface area (TPSA) is 76.4 Å². The first kappa shape index (κ1) is 18.9. The van der Waals surface area contributed by atoms with E-state index < -0.39 is 28.6 Å². The van der Waals surface area contributed by atoms with E-state index in [-0.39, 0.29) is 29.0 Å². The van der Waals surface area contributed by atoms with Gasteiger partial charge in [0.25, 0.3) is 5.56 Å². The van der Waals surface area contributed by atoms with Gasteiger partial charge in [0.2, 0.25) is 0 Å². The van der Waals surface area contributed by atoms with Crippen LogP contribution in [0, 0.1) is 0 Å². The molecule has 1 unspecified atom stereocenters. The molecule has 24 heavy (non-hydrogen) atoms. The van der Waals surface area contributed by atoms with Gasteiger partial charge < -0.3 is 4.84 Å². The Kier molecular flexibility index (Phi) is 5.38. The van der Waals surface area contributed by atoms with E-state index in [1.807, 2.05) is 0 Å². The summed E-state index contributed by atoms with van der Waals surface area (Å²) in [5, 5.41) is 5.60. The summed E-state index contributed by atoms with van der Waals surface area (Å²) in [5.41, 5.74) is -3.17. The van der Waals surface area contributed by atoms with Crippen LogP contribution in [0.3, 0.4) is 0 Å². The minimum absolute atomic E-state index is 0.0250. The maximum atomic E-state index is 13.1. The minimum atomic E-state index is -4.71. The van der Waals surface area contributed by atoms with E-state index in [0.717, 1.165) is 4.68 Å². The normalized spacial score (nSPS) is 20.8. The lowest BCUT2D eigenvalue weighted by atomic mass is 9.99. The number of aromatic nitrogens is 2. The van der Waals surface area contributed by atoms with E-state index in [2.05, 4.69) is 10.3 Å². The fourth-order valence-electron chi connectivity index (χ4n) is 2.24. The summed E-state index contributed by atoms with van der Waals surface area (Å²) in [5.74, 6) is -0.338. The van der Waals surface area contributed by atoms with Gasteiger partial charge in [-0.05, 0) is 6.92 Å². The average Bonchev–Trinajstić information content (AvgIpc) is 2.95. The van der Waals surface area contributed by atoms with Crippen LogP contribution >= 0.6 is 23.4 Å². The molecule has 1 N–H and O–H groups in total. The van der Waals surface area contributed by atoms with Crippen LogP contribution in [0.4, 0.5) is 13.2 Å². The molecule has 0 aliphatic carbocycles. The number of oxime groups is 1. The van der Waals surface area contributed by atoms with Gasteiger partial charge >= 0.3 is 6.18 Å². The van der Waals surface area contributed by atoms with Crippen LogP contribution < -0.4 is 5.56 Å². The summed E-state index contributed by atoms with van der Waals surface area (Å²) in [6.45, 7) is 2.91. The first-order chi connectivity index (χ1) is 11.0. The Balaban J connectivity index is 2.21. The number of nitrogens with zero attached hydrogens (tertiary/aromatic N) is 2. The molecule has 6 nitrogen and oxygen atoms in total. The van der Waals surface area contributed by atoms with Crippen molar-refractivity contribution in [2.24, 2.45) is 5.16 Å². The Morgan fingerprint density at radius 2 is 2.21 bits per heavy atom.